The van der Waals surface area contributed by atoms with E-state index in [0.29, 0.717) is 5.02 Å². The summed E-state index contributed by atoms with van der Waals surface area (Å²) in [6, 6.07) is 15.6. The van der Waals surface area contributed by atoms with E-state index in [1.807, 2.05) is 70.2 Å². The maximum absolute atomic E-state index is 13.0. The molecule has 0 saturated carbocycles. The van der Waals surface area contributed by atoms with Gasteiger partial charge >= 0.3 is 0 Å². The van der Waals surface area contributed by atoms with Crippen LogP contribution in [0.25, 0.3) is 5.52 Å². The lowest BCUT2D eigenvalue weighted by atomic mass is 10.2. The van der Waals surface area contributed by atoms with Gasteiger partial charge in [-0.2, -0.15) is 0 Å². The molecule has 4 rings (SSSR count). The summed E-state index contributed by atoms with van der Waals surface area (Å²) in [4.78, 5) is 14.9. The van der Waals surface area contributed by atoms with Crippen molar-refractivity contribution in [2.24, 2.45) is 0 Å². The molecule has 0 bridgehead atoms. The Bertz CT molecular complexity index is 843. The van der Waals surface area contributed by atoms with Gasteiger partial charge in [-0.25, -0.2) is 0 Å². The number of amides is 1. The minimum atomic E-state index is -0.0146. The Balaban J connectivity index is 1.68. The van der Waals surface area contributed by atoms with Crippen molar-refractivity contribution < 1.29 is 4.79 Å². The first-order chi connectivity index (χ1) is 11.2. The molecular formula is C18H15ClN2OS. The van der Waals surface area contributed by atoms with E-state index >= 15 is 0 Å². The zero-order valence-electron chi connectivity index (χ0n) is 12.4. The van der Waals surface area contributed by atoms with E-state index in [9.17, 15) is 4.79 Å². The van der Waals surface area contributed by atoms with Gasteiger partial charge < -0.3 is 9.30 Å². The summed E-state index contributed by atoms with van der Waals surface area (Å²) in [7, 11) is 0. The molecule has 0 N–H and O–H groups in total. The minimum Gasteiger partial charge on any atom is -0.323 e. The van der Waals surface area contributed by atoms with E-state index in [2.05, 4.69) is 0 Å². The van der Waals surface area contributed by atoms with Crippen molar-refractivity contribution in [3.8, 4) is 0 Å². The summed E-state index contributed by atoms with van der Waals surface area (Å²) in [6.45, 7) is 0.742. The van der Waals surface area contributed by atoms with Crippen LogP contribution in [-0.2, 0) is 0 Å². The number of carbonyl (C=O) groups is 1. The number of thioether (sulfide) groups is 1. The second kappa shape index (κ2) is 5.95. The number of halogens is 1. The number of aromatic nitrogens is 1. The summed E-state index contributed by atoms with van der Waals surface area (Å²) in [6.07, 6.45) is 3.85. The standard InChI is InChI=1S/C18H15ClN2OS/c19-16-7-2-1-6-15(16)18-21(9-10-23-18)17(22)13-11-14-5-3-4-8-20(14)12-13/h1-8,11-12,18H,9-10H2. The van der Waals surface area contributed by atoms with Crippen LogP contribution >= 0.6 is 23.4 Å². The summed E-state index contributed by atoms with van der Waals surface area (Å²) in [5.41, 5.74) is 2.75. The van der Waals surface area contributed by atoms with Gasteiger partial charge in [0.15, 0.2) is 0 Å². The highest BCUT2D eigenvalue weighted by Crippen LogP contribution is 2.41. The first kappa shape index (κ1) is 14.7. The molecule has 1 atom stereocenters. The lowest BCUT2D eigenvalue weighted by Crippen LogP contribution is -2.30. The first-order valence-electron chi connectivity index (χ1n) is 7.48. The van der Waals surface area contributed by atoms with E-state index in [-0.39, 0.29) is 11.3 Å². The van der Waals surface area contributed by atoms with Crippen molar-refractivity contribution in [1.82, 2.24) is 9.30 Å². The maximum Gasteiger partial charge on any atom is 0.256 e. The lowest BCUT2D eigenvalue weighted by Gasteiger charge is -2.24. The Morgan fingerprint density at radius 2 is 2.00 bits per heavy atom. The molecule has 3 nitrogen and oxygen atoms in total. The monoisotopic (exact) mass is 342 g/mol. The number of hydrogen-bond donors (Lipinski definition) is 0. The second-order valence-corrected chi connectivity index (χ2v) is 7.10. The molecule has 3 heterocycles. The predicted octanol–water partition coefficient (Wildman–Crippen LogP) is 4.48. The number of rotatable bonds is 2. The number of fused-ring (bicyclic) bond motifs is 1. The number of hydrogen-bond acceptors (Lipinski definition) is 2. The molecule has 1 fully saturated rings. The van der Waals surface area contributed by atoms with E-state index in [0.717, 1.165) is 28.9 Å². The van der Waals surface area contributed by atoms with Gasteiger partial charge in [-0.3, -0.25) is 4.79 Å². The Kier molecular flexibility index (Phi) is 3.79. The zero-order valence-corrected chi connectivity index (χ0v) is 13.9. The predicted molar refractivity (Wildman–Crippen MR) is 95.1 cm³/mol. The van der Waals surface area contributed by atoms with Crippen LogP contribution < -0.4 is 0 Å². The largest absolute Gasteiger partial charge is 0.323 e. The lowest BCUT2D eigenvalue weighted by molar-refractivity contribution is 0.0760. The Morgan fingerprint density at radius 1 is 1.17 bits per heavy atom. The van der Waals surface area contributed by atoms with Crippen molar-refractivity contribution in [2.75, 3.05) is 12.3 Å². The summed E-state index contributed by atoms with van der Waals surface area (Å²) in [5.74, 6) is 0.985. The van der Waals surface area contributed by atoms with Gasteiger partial charge in [-0.05, 0) is 24.3 Å². The molecule has 23 heavy (non-hydrogen) atoms. The van der Waals surface area contributed by atoms with Crippen LogP contribution in [0.4, 0.5) is 0 Å². The van der Waals surface area contributed by atoms with Crippen LogP contribution in [0.15, 0.2) is 60.9 Å². The van der Waals surface area contributed by atoms with Gasteiger partial charge in [-0.1, -0.05) is 35.9 Å². The Morgan fingerprint density at radius 3 is 2.83 bits per heavy atom. The SMILES string of the molecule is O=C(c1cc2ccccn2c1)N1CCSC1c1ccccc1Cl. The molecule has 1 aliphatic heterocycles. The van der Waals surface area contributed by atoms with Crippen molar-refractivity contribution in [3.63, 3.8) is 0 Å². The number of pyridine rings is 1. The molecule has 3 aromatic rings. The third kappa shape index (κ3) is 2.62. The average molecular weight is 343 g/mol. The normalized spacial score (nSPS) is 17.8. The molecule has 116 valence electrons. The third-order valence-electron chi connectivity index (χ3n) is 4.07. The highest BCUT2D eigenvalue weighted by Gasteiger charge is 2.32. The molecule has 0 radical (unpaired) electrons. The van der Waals surface area contributed by atoms with Gasteiger partial charge in [0.25, 0.3) is 5.91 Å². The van der Waals surface area contributed by atoms with E-state index in [4.69, 9.17) is 11.6 Å². The van der Waals surface area contributed by atoms with E-state index in [1.165, 1.54) is 0 Å². The molecule has 1 aliphatic rings. The van der Waals surface area contributed by atoms with Crippen molar-refractivity contribution in [2.45, 2.75) is 5.37 Å². The fraction of sp³-hybridized carbons (Fsp3) is 0.167. The Hall–Kier alpha value is -1.91. The molecule has 0 spiro atoms. The van der Waals surface area contributed by atoms with E-state index < -0.39 is 0 Å². The minimum absolute atomic E-state index is 0.0146. The van der Waals surface area contributed by atoms with Crippen molar-refractivity contribution in [1.29, 1.82) is 0 Å². The molecule has 1 aromatic carbocycles. The maximum atomic E-state index is 13.0. The first-order valence-corrected chi connectivity index (χ1v) is 8.90. The third-order valence-corrected chi connectivity index (χ3v) is 5.66. The summed E-state index contributed by atoms with van der Waals surface area (Å²) in [5, 5.41) is 0.700. The summed E-state index contributed by atoms with van der Waals surface area (Å²) >= 11 is 8.09. The number of nitrogens with zero attached hydrogens (tertiary/aromatic N) is 2. The van der Waals surface area contributed by atoms with Gasteiger partial charge in [-0.15, -0.1) is 11.8 Å². The zero-order chi connectivity index (χ0) is 15.8. The molecule has 2 aromatic heterocycles. The molecule has 1 saturated heterocycles. The topological polar surface area (TPSA) is 24.7 Å². The highest BCUT2D eigenvalue weighted by molar-refractivity contribution is 7.99. The molecular weight excluding hydrogens is 328 g/mol. The van der Waals surface area contributed by atoms with E-state index in [1.54, 1.807) is 11.8 Å². The van der Waals surface area contributed by atoms with Crippen molar-refractivity contribution in [3.05, 3.63) is 77.1 Å². The smallest absolute Gasteiger partial charge is 0.256 e. The van der Waals surface area contributed by atoms with Crippen LogP contribution in [0.2, 0.25) is 5.02 Å². The van der Waals surface area contributed by atoms with Crippen molar-refractivity contribution >= 4 is 34.8 Å². The van der Waals surface area contributed by atoms with Crippen LogP contribution in [0, 0.1) is 0 Å². The van der Waals surface area contributed by atoms with Crippen LogP contribution in [0.5, 0.6) is 0 Å². The summed E-state index contributed by atoms with van der Waals surface area (Å²) < 4.78 is 1.97. The van der Waals surface area contributed by atoms with Gasteiger partial charge in [0, 0.05) is 40.8 Å². The van der Waals surface area contributed by atoms with Gasteiger partial charge in [0.05, 0.1) is 5.56 Å². The fourth-order valence-corrected chi connectivity index (χ4v) is 4.54. The molecule has 0 aliphatic carbocycles. The molecule has 1 amide bonds. The number of carbonyl (C=O) groups excluding carboxylic acids is 1. The average Bonchev–Trinajstić information content (AvgIpc) is 3.21. The number of benzene rings is 1. The van der Waals surface area contributed by atoms with Gasteiger partial charge in [0.2, 0.25) is 0 Å². The Labute approximate surface area is 143 Å². The van der Waals surface area contributed by atoms with Crippen LogP contribution in [0.3, 0.4) is 0 Å². The highest BCUT2D eigenvalue weighted by atomic mass is 35.5. The van der Waals surface area contributed by atoms with Gasteiger partial charge in [0.1, 0.15) is 5.37 Å². The quantitative estimate of drug-likeness (QED) is 0.686. The van der Waals surface area contributed by atoms with Crippen LogP contribution in [-0.4, -0.2) is 27.5 Å². The fourth-order valence-electron chi connectivity index (χ4n) is 2.95. The van der Waals surface area contributed by atoms with Crippen LogP contribution in [0.1, 0.15) is 21.3 Å². The molecule has 5 heteroatoms. The molecule has 1 unspecified atom stereocenters. The second-order valence-electron chi connectivity index (χ2n) is 5.50.